The maximum absolute atomic E-state index is 11.7. The van der Waals surface area contributed by atoms with Gasteiger partial charge in [-0.25, -0.2) is 4.79 Å². The molecule has 0 aromatic heterocycles. The zero-order chi connectivity index (χ0) is 18.1. The first kappa shape index (κ1) is 20.5. The number of hydrogen-bond acceptors (Lipinski definition) is 5. The van der Waals surface area contributed by atoms with Gasteiger partial charge in [-0.2, -0.15) is 0 Å². The summed E-state index contributed by atoms with van der Waals surface area (Å²) in [7, 11) is 2.81. The second-order valence-corrected chi connectivity index (χ2v) is 6.20. The lowest BCUT2D eigenvalue weighted by atomic mass is 9.90. The van der Waals surface area contributed by atoms with Gasteiger partial charge in [0.15, 0.2) is 0 Å². The van der Waals surface area contributed by atoms with E-state index in [4.69, 9.17) is 25.4 Å². The fourth-order valence-electron chi connectivity index (χ4n) is 2.87. The molecule has 0 saturated carbocycles. The van der Waals surface area contributed by atoms with Crippen LogP contribution in [0, 0.1) is 12.3 Å². The van der Waals surface area contributed by atoms with E-state index in [-0.39, 0.29) is 0 Å². The quantitative estimate of drug-likeness (QED) is 0.261. The SMILES string of the molecule is C#CCC1(CCCCCCCC)OC(C)(OC)O/C1=C/C(=O)OC. The molecule has 0 amide bonds. The summed E-state index contributed by atoms with van der Waals surface area (Å²) in [6, 6.07) is 0. The minimum atomic E-state index is -1.25. The topological polar surface area (TPSA) is 54.0 Å². The highest BCUT2D eigenvalue weighted by molar-refractivity contribution is 5.82. The molecule has 1 fully saturated rings. The van der Waals surface area contributed by atoms with Gasteiger partial charge in [0.2, 0.25) is 0 Å². The van der Waals surface area contributed by atoms with Gasteiger partial charge in [0.25, 0.3) is 0 Å². The van der Waals surface area contributed by atoms with E-state index >= 15 is 0 Å². The van der Waals surface area contributed by atoms with Crippen molar-refractivity contribution < 1.29 is 23.7 Å². The molecule has 0 aromatic rings. The smallest absolute Gasteiger partial charge is 0.333 e. The lowest BCUT2D eigenvalue weighted by Gasteiger charge is -2.27. The minimum Gasteiger partial charge on any atom is -0.466 e. The van der Waals surface area contributed by atoms with Gasteiger partial charge in [-0.15, -0.1) is 12.3 Å². The summed E-state index contributed by atoms with van der Waals surface area (Å²) in [5.74, 6) is 1.27. The van der Waals surface area contributed by atoms with Crippen LogP contribution in [0.25, 0.3) is 0 Å². The minimum absolute atomic E-state index is 0.309. The molecule has 2 unspecified atom stereocenters. The molecule has 1 saturated heterocycles. The summed E-state index contributed by atoms with van der Waals surface area (Å²) < 4.78 is 21.8. The predicted molar refractivity (Wildman–Crippen MR) is 91.9 cm³/mol. The van der Waals surface area contributed by atoms with Gasteiger partial charge < -0.3 is 18.9 Å². The maximum Gasteiger partial charge on any atom is 0.333 e. The first-order valence-corrected chi connectivity index (χ1v) is 8.63. The molecule has 1 heterocycles. The molecule has 2 atom stereocenters. The molecule has 5 heteroatoms. The van der Waals surface area contributed by atoms with Crippen LogP contribution >= 0.6 is 0 Å². The Bertz CT molecular complexity index is 479. The zero-order valence-electron chi connectivity index (χ0n) is 15.4. The molecule has 1 aliphatic rings. The van der Waals surface area contributed by atoms with Crippen LogP contribution in [0.1, 0.15) is 65.2 Å². The summed E-state index contributed by atoms with van der Waals surface area (Å²) in [6.45, 7) is 3.86. The molecule has 136 valence electrons. The number of carbonyl (C=O) groups excluding carboxylic acids is 1. The van der Waals surface area contributed by atoms with E-state index < -0.39 is 17.5 Å². The summed E-state index contributed by atoms with van der Waals surface area (Å²) in [5, 5.41) is 0. The fourth-order valence-corrected chi connectivity index (χ4v) is 2.87. The first-order chi connectivity index (χ1) is 11.4. The van der Waals surface area contributed by atoms with Crippen molar-refractivity contribution in [2.75, 3.05) is 14.2 Å². The normalized spacial score (nSPS) is 27.7. The molecule has 5 nitrogen and oxygen atoms in total. The average molecular weight is 338 g/mol. The molecule has 0 bridgehead atoms. The molecule has 24 heavy (non-hydrogen) atoms. The van der Waals surface area contributed by atoms with Crippen molar-refractivity contribution in [3.05, 3.63) is 11.8 Å². The van der Waals surface area contributed by atoms with Crippen LogP contribution < -0.4 is 0 Å². The molecule has 0 aromatic carbocycles. The van der Waals surface area contributed by atoms with Crippen LogP contribution in [-0.2, 0) is 23.7 Å². The zero-order valence-corrected chi connectivity index (χ0v) is 15.4. The van der Waals surface area contributed by atoms with E-state index in [9.17, 15) is 4.79 Å². The molecule has 1 aliphatic heterocycles. The van der Waals surface area contributed by atoms with Crippen LogP contribution in [0.2, 0.25) is 0 Å². The third-order valence-corrected chi connectivity index (χ3v) is 4.27. The van der Waals surface area contributed by atoms with Crippen molar-refractivity contribution in [2.45, 2.75) is 76.8 Å². The van der Waals surface area contributed by atoms with Crippen LogP contribution in [0.4, 0.5) is 0 Å². The van der Waals surface area contributed by atoms with E-state index in [1.54, 1.807) is 6.92 Å². The Morgan fingerprint density at radius 2 is 1.92 bits per heavy atom. The standard InChI is InChI=1S/C19H30O5/c1-6-8-9-10-11-12-14-19(13-7-2)16(15-17(20)21-4)23-18(3,22-5)24-19/h2,15H,6,8-14H2,1,3-5H3/b16-15+. The van der Waals surface area contributed by atoms with Gasteiger partial charge in [0.1, 0.15) is 11.4 Å². The van der Waals surface area contributed by atoms with Crippen molar-refractivity contribution in [3.8, 4) is 12.3 Å². The van der Waals surface area contributed by atoms with Crippen LogP contribution in [0.5, 0.6) is 0 Å². The van der Waals surface area contributed by atoms with E-state index in [0.717, 1.165) is 12.8 Å². The Morgan fingerprint density at radius 1 is 1.25 bits per heavy atom. The van der Waals surface area contributed by atoms with Gasteiger partial charge in [0.05, 0.1) is 13.2 Å². The third kappa shape index (κ3) is 5.54. The number of hydrogen-bond donors (Lipinski definition) is 0. The number of terminal acetylenes is 1. The lowest BCUT2D eigenvalue weighted by Crippen LogP contribution is -2.35. The second-order valence-electron chi connectivity index (χ2n) is 6.20. The Kier molecular flexibility index (Phi) is 8.30. The number of rotatable bonds is 10. The first-order valence-electron chi connectivity index (χ1n) is 8.63. The van der Waals surface area contributed by atoms with Gasteiger partial charge in [-0.1, -0.05) is 45.4 Å². The van der Waals surface area contributed by atoms with E-state index in [1.807, 2.05) is 0 Å². The molecular formula is C19H30O5. The molecular weight excluding hydrogens is 308 g/mol. The third-order valence-electron chi connectivity index (χ3n) is 4.27. The molecule has 0 radical (unpaired) electrons. The Morgan fingerprint density at radius 3 is 2.50 bits per heavy atom. The molecule has 0 spiro atoms. The maximum atomic E-state index is 11.7. The highest BCUT2D eigenvalue weighted by atomic mass is 16.9. The van der Waals surface area contributed by atoms with Gasteiger partial charge in [-0.05, 0) is 6.42 Å². The summed E-state index contributed by atoms with van der Waals surface area (Å²) in [5.41, 5.74) is -0.849. The second kappa shape index (κ2) is 9.71. The average Bonchev–Trinajstić information content (AvgIpc) is 2.84. The predicted octanol–water partition coefficient (Wildman–Crippen LogP) is 3.92. The van der Waals surface area contributed by atoms with Crippen molar-refractivity contribution >= 4 is 5.97 Å². The molecule has 1 rings (SSSR count). The Balaban J connectivity index is 2.87. The lowest BCUT2D eigenvalue weighted by molar-refractivity contribution is -0.321. The molecule has 0 N–H and O–H groups in total. The number of esters is 1. The summed E-state index contributed by atoms with van der Waals surface area (Å²) >= 11 is 0. The van der Waals surface area contributed by atoms with Crippen molar-refractivity contribution in [1.29, 1.82) is 0 Å². The largest absolute Gasteiger partial charge is 0.466 e. The number of methoxy groups -OCH3 is 2. The van der Waals surface area contributed by atoms with E-state index in [2.05, 4.69) is 12.8 Å². The number of unbranched alkanes of at least 4 members (excludes halogenated alkanes) is 5. The molecule has 0 aliphatic carbocycles. The highest BCUT2D eigenvalue weighted by Crippen LogP contribution is 2.45. The van der Waals surface area contributed by atoms with Gasteiger partial charge in [0, 0.05) is 20.5 Å². The van der Waals surface area contributed by atoms with Crippen molar-refractivity contribution in [3.63, 3.8) is 0 Å². The Labute approximate surface area is 145 Å². The fraction of sp³-hybridized carbons (Fsp3) is 0.737. The van der Waals surface area contributed by atoms with E-state index in [1.165, 1.54) is 46.0 Å². The van der Waals surface area contributed by atoms with E-state index in [0.29, 0.717) is 18.6 Å². The summed E-state index contributed by atoms with van der Waals surface area (Å²) in [6.07, 6.45) is 14.7. The summed E-state index contributed by atoms with van der Waals surface area (Å²) in [4.78, 5) is 11.7. The highest BCUT2D eigenvalue weighted by Gasteiger charge is 2.53. The van der Waals surface area contributed by atoms with Crippen LogP contribution in [0.15, 0.2) is 11.8 Å². The van der Waals surface area contributed by atoms with Crippen molar-refractivity contribution in [1.82, 2.24) is 0 Å². The Hall–Kier alpha value is -1.51. The van der Waals surface area contributed by atoms with Gasteiger partial charge >= 0.3 is 11.9 Å². The van der Waals surface area contributed by atoms with Crippen LogP contribution in [-0.4, -0.2) is 31.8 Å². The monoisotopic (exact) mass is 338 g/mol. The van der Waals surface area contributed by atoms with Crippen LogP contribution in [0.3, 0.4) is 0 Å². The number of ether oxygens (including phenoxy) is 4. The van der Waals surface area contributed by atoms with Gasteiger partial charge in [-0.3, -0.25) is 0 Å². The van der Waals surface area contributed by atoms with Crippen molar-refractivity contribution in [2.24, 2.45) is 0 Å². The number of carbonyl (C=O) groups is 1.